The van der Waals surface area contributed by atoms with E-state index in [0.717, 1.165) is 25.1 Å². The van der Waals surface area contributed by atoms with E-state index in [0.29, 0.717) is 42.0 Å². The Hall–Kier alpha value is -2.63. The summed E-state index contributed by atoms with van der Waals surface area (Å²) >= 11 is 0. The number of carbonyl (C=O) groups excluding carboxylic acids is 2. The number of anilines is 2. The van der Waals surface area contributed by atoms with Gasteiger partial charge in [0, 0.05) is 33.0 Å². The van der Waals surface area contributed by atoms with Gasteiger partial charge in [0.1, 0.15) is 17.8 Å². The zero-order chi connectivity index (χ0) is 17.6. The molecule has 4 rings (SSSR count). The molecular formula is C19H19FN2O3. The van der Waals surface area contributed by atoms with Crippen molar-refractivity contribution < 1.29 is 18.4 Å². The fraction of sp³-hybridized carbons (Fsp3) is 0.368. The Balaban J connectivity index is 1.79. The number of rotatable bonds is 1. The molecule has 0 atom stereocenters. The van der Waals surface area contributed by atoms with Gasteiger partial charge in [-0.25, -0.2) is 4.39 Å². The van der Waals surface area contributed by atoms with Gasteiger partial charge in [-0.15, -0.1) is 0 Å². The highest BCUT2D eigenvalue weighted by molar-refractivity contribution is 6.15. The van der Waals surface area contributed by atoms with Gasteiger partial charge in [0.2, 0.25) is 0 Å². The van der Waals surface area contributed by atoms with Gasteiger partial charge >= 0.3 is 0 Å². The summed E-state index contributed by atoms with van der Waals surface area (Å²) in [7, 11) is 1.92. The number of amides is 1. The molecule has 2 aliphatic rings. The minimum Gasteiger partial charge on any atom is -0.468 e. The van der Waals surface area contributed by atoms with E-state index in [1.807, 2.05) is 11.9 Å². The largest absolute Gasteiger partial charge is 0.468 e. The molecule has 0 bridgehead atoms. The van der Waals surface area contributed by atoms with Crippen molar-refractivity contribution in [2.24, 2.45) is 0 Å². The minimum atomic E-state index is -0.392. The van der Waals surface area contributed by atoms with Crippen molar-refractivity contribution >= 4 is 23.1 Å². The number of Topliss-reactive ketones (excluding diaryl/α,β-unsaturated/α-hetero) is 1. The Kier molecular flexibility index (Phi) is 3.82. The van der Waals surface area contributed by atoms with Crippen molar-refractivity contribution in [2.45, 2.75) is 25.7 Å². The molecule has 1 aliphatic carbocycles. The summed E-state index contributed by atoms with van der Waals surface area (Å²) in [6.45, 7) is 1.23. The zero-order valence-corrected chi connectivity index (χ0v) is 14.0. The third kappa shape index (κ3) is 2.62. The van der Waals surface area contributed by atoms with E-state index >= 15 is 0 Å². The maximum atomic E-state index is 13.8. The highest BCUT2D eigenvalue weighted by atomic mass is 19.1. The SMILES string of the molecule is CN1CCCN(C(=O)c2coc3c2C(=O)CCC3)c2cc(F)ccc21. The second kappa shape index (κ2) is 6.02. The molecular weight excluding hydrogens is 323 g/mol. The van der Waals surface area contributed by atoms with E-state index in [1.54, 1.807) is 11.0 Å². The van der Waals surface area contributed by atoms with E-state index in [2.05, 4.69) is 0 Å². The van der Waals surface area contributed by atoms with Gasteiger partial charge in [0.25, 0.3) is 5.91 Å². The molecule has 2 heterocycles. The lowest BCUT2D eigenvalue weighted by atomic mass is 9.93. The first-order valence-electron chi connectivity index (χ1n) is 8.52. The Labute approximate surface area is 145 Å². The average molecular weight is 342 g/mol. The number of carbonyl (C=O) groups is 2. The van der Waals surface area contributed by atoms with Crippen LogP contribution < -0.4 is 9.80 Å². The molecule has 0 radical (unpaired) electrons. The van der Waals surface area contributed by atoms with E-state index < -0.39 is 5.82 Å². The third-order valence-corrected chi connectivity index (χ3v) is 4.94. The maximum Gasteiger partial charge on any atom is 0.262 e. The van der Waals surface area contributed by atoms with Crippen molar-refractivity contribution in [1.82, 2.24) is 0 Å². The van der Waals surface area contributed by atoms with Crippen molar-refractivity contribution in [2.75, 3.05) is 29.9 Å². The summed E-state index contributed by atoms with van der Waals surface area (Å²) in [5.74, 6) is -0.157. The van der Waals surface area contributed by atoms with E-state index in [9.17, 15) is 14.0 Å². The minimum absolute atomic E-state index is 0.0512. The Bertz CT molecular complexity index is 858. The first kappa shape index (κ1) is 15.9. The van der Waals surface area contributed by atoms with Crippen LogP contribution in [0.5, 0.6) is 0 Å². The number of halogens is 1. The van der Waals surface area contributed by atoms with Crippen LogP contribution in [0.2, 0.25) is 0 Å². The zero-order valence-electron chi connectivity index (χ0n) is 14.0. The van der Waals surface area contributed by atoms with Gasteiger partial charge < -0.3 is 14.2 Å². The number of fused-ring (bicyclic) bond motifs is 2. The van der Waals surface area contributed by atoms with Gasteiger partial charge in [-0.2, -0.15) is 0 Å². The average Bonchev–Trinajstić information content (AvgIpc) is 2.96. The van der Waals surface area contributed by atoms with Gasteiger partial charge in [-0.3, -0.25) is 9.59 Å². The van der Waals surface area contributed by atoms with Gasteiger partial charge in [0.15, 0.2) is 5.78 Å². The smallest absolute Gasteiger partial charge is 0.262 e. The number of hydrogen-bond donors (Lipinski definition) is 0. The summed E-state index contributed by atoms with van der Waals surface area (Å²) in [5.41, 5.74) is 2.03. The molecule has 25 heavy (non-hydrogen) atoms. The quantitative estimate of drug-likeness (QED) is 0.797. The fourth-order valence-corrected chi connectivity index (χ4v) is 3.68. The van der Waals surface area contributed by atoms with Crippen molar-refractivity contribution in [1.29, 1.82) is 0 Å². The molecule has 6 heteroatoms. The normalized spacial score (nSPS) is 17.1. The summed E-state index contributed by atoms with van der Waals surface area (Å²) in [6, 6.07) is 4.46. The van der Waals surface area contributed by atoms with Crippen LogP contribution in [0.1, 0.15) is 45.7 Å². The van der Waals surface area contributed by atoms with Crippen LogP contribution in [0.15, 0.2) is 28.9 Å². The second-order valence-electron chi connectivity index (χ2n) is 6.59. The van der Waals surface area contributed by atoms with Crippen LogP contribution in [-0.2, 0) is 6.42 Å². The molecule has 1 aromatic carbocycles. The molecule has 0 saturated carbocycles. The van der Waals surface area contributed by atoms with Crippen LogP contribution in [0.3, 0.4) is 0 Å². The fourth-order valence-electron chi connectivity index (χ4n) is 3.68. The lowest BCUT2D eigenvalue weighted by Crippen LogP contribution is -2.32. The van der Waals surface area contributed by atoms with Gasteiger partial charge in [-0.1, -0.05) is 0 Å². The lowest BCUT2D eigenvalue weighted by Gasteiger charge is -2.24. The molecule has 1 amide bonds. The molecule has 0 N–H and O–H groups in total. The molecule has 2 aromatic rings. The Morgan fingerprint density at radius 1 is 1.16 bits per heavy atom. The Morgan fingerprint density at radius 2 is 2.00 bits per heavy atom. The van der Waals surface area contributed by atoms with Crippen LogP contribution in [0.25, 0.3) is 0 Å². The summed E-state index contributed by atoms with van der Waals surface area (Å²) in [6.07, 6.45) is 3.98. The highest BCUT2D eigenvalue weighted by Crippen LogP contribution is 2.35. The lowest BCUT2D eigenvalue weighted by molar-refractivity contribution is 0.0945. The molecule has 0 spiro atoms. The third-order valence-electron chi connectivity index (χ3n) is 4.94. The molecule has 130 valence electrons. The Morgan fingerprint density at radius 3 is 2.84 bits per heavy atom. The highest BCUT2D eigenvalue weighted by Gasteiger charge is 2.32. The molecule has 5 nitrogen and oxygen atoms in total. The first-order valence-corrected chi connectivity index (χ1v) is 8.52. The molecule has 1 aromatic heterocycles. The predicted octanol–water partition coefficient (Wildman–Crippen LogP) is 3.42. The second-order valence-corrected chi connectivity index (χ2v) is 6.59. The maximum absolute atomic E-state index is 13.8. The first-order chi connectivity index (χ1) is 12.1. The molecule has 1 aliphatic heterocycles. The van der Waals surface area contributed by atoms with Crippen molar-refractivity contribution in [3.63, 3.8) is 0 Å². The number of hydrogen-bond acceptors (Lipinski definition) is 4. The van der Waals surface area contributed by atoms with Gasteiger partial charge in [0.05, 0.1) is 22.5 Å². The van der Waals surface area contributed by atoms with Crippen LogP contribution in [-0.4, -0.2) is 31.8 Å². The van der Waals surface area contributed by atoms with Crippen LogP contribution >= 0.6 is 0 Å². The van der Waals surface area contributed by atoms with Crippen LogP contribution in [0.4, 0.5) is 15.8 Å². The van der Waals surface area contributed by atoms with Crippen molar-refractivity contribution in [3.05, 3.63) is 47.2 Å². The molecule has 0 saturated heterocycles. The van der Waals surface area contributed by atoms with Gasteiger partial charge in [-0.05, 0) is 31.0 Å². The number of aryl methyl sites for hydroxylation is 1. The van der Waals surface area contributed by atoms with E-state index in [-0.39, 0.29) is 11.7 Å². The van der Waals surface area contributed by atoms with E-state index in [1.165, 1.54) is 18.4 Å². The standard InChI is InChI=1S/C19H19FN2O3/c1-21-8-3-9-22(15-10-12(20)6-7-14(15)21)19(24)13-11-25-17-5-2-4-16(23)18(13)17/h6-7,10-11H,2-5,8-9H2,1H3. The summed E-state index contributed by atoms with van der Waals surface area (Å²) in [5, 5.41) is 0. The number of nitrogens with zero attached hydrogens (tertiary/aromatic N) is 2. The summed E-state index contributed by atoms with van der Waals surface area (Å²) < 4.78 is 19.3. The monoisotopic (exact) mass is 342 g/mol. The number of furan rings is 1. The van der Waals surface area contributed by atoms with E-state index in [4.69, 9.17) is 4.42 Å². The predicted molar refractivity (Wildman–Crippen MR) is 91.9 cm³/mol. The number of benzene rings is 1. The van der Waals surface area contributed by atoms with Crippen LogP contribution in [0, 0.1) is 5.82 Å². The topological polar surface area (TPSA) is 53.8 Å². The molecule has 0 fully saturated rings. The molecule has 0 unspecified atom stereocenters. The van der Waals surface area contributed by atoms with Crippen molar-refractivity contribution in [3.8, 4) is 0 Å². The summed E-state index contributed by atoms with van der Waals surface area (Å²) in [4.78, 5) is 29.0. The number of ketones is 1.